The van der Waals surface area contributed by atoms with E-state index < -0.39 is 5.97 Å². The third-order valence-electron chi connectivity index (χ3n) is 4.46. The van der Waals surface area contributed by atoms with Gasteiger partial charge in [0.25, 0.3) is 0 Å². The first kappa shape index (κ1) is 20.1. The van der Waals surface area contributed by atoms with Crippen molar-refractivity contribution >= 4 is 35.2 Å². The third kappa shape index (κ3) is 6.88. The number of carboxylic acids is 1. The quantitative estimate of drug-likeness (QED) is 0.731. The number of hydrogen-bond donors (Lipinski definition) is 1. The van der Waals surface area contributed by atoms with Gasteiger partial charge >= 0.3 is 5.97 Å². The number of halogens is 1. The molecule has 0 aromatic heterocycles. The van der Waals surface area contributed by atoms with E-state index in [0.29, 0.717) is 18.0 Å². The molecule has 1 aliphatic rings. The first-order valence-electron chi connectivity index (χ1n) is 8.54. The average Bonchev–Trinajstić information content (AvgIpc) is 2.82. The molecule has 1 heterocycles. The molecule has 1 unspecified atom stereocenters. The van der Waals surface area contributed by atoms with Gasteiger partial charge < -0.3 is 10.0 Å². The molecule has 1 fully saturated rings. The van der Waals surface area contributed by atoms with E-state index in [1.54, 1.807) is 11.8 Å². The minimum Gasteiger partial charge on any atom is -0.480 e. The molecule has 0 bridgehead atoms. The summed E-state index contributed by atoms with van der Waals surface area (Å²) in [5.74, 6) is 0.126. The van der Waals surface area contributed by atoms with Gasteiger partial charge in [-0.15, -0.1) is 11.8 Å². The molecule has 5 nitrogen and oxygen atoms in total. The number of likely N-dealkylation sites (N-methyl/N-ethyl adjacent to an activating group) is 1. The summed E-state index contributed by atoms with van der Waals surface area (Å²) in [6.45, 7) is 1.53. The number of carboxylic acid groups (broad SMARTS) is 1. The number of rotatable bonds is 7. The molecule has 1 amide bonds. The molecular weight excluding hydrogens is 360 g/mol. The van der Waals surface area contributed by atoms with Crippen molar-refractivity contribution in [3.63, 3.8) is 0 Å². The molecule has 1 aromatic carbocycles. The number of carbonyl (C=O) groups excluding carboxylic acids is 1. The Hall–Kier alpha value is -1.24. The van der Waals surface area contributed by atoms with E-state index in [0.717, 1.165) is 36.5 Å². The van der Waals surface area contributed by atoms with Crippen molar-refractivity contribution in [3.8, 4) is 0 Å². The number of likely N-dealkylation sites (tertiary alicyclic amines) is 1. The van der Waals surface area contributed by atoms with Crippen LogP contribution in [0.4, 0.5) is 0 Å². The van der Waals surface area contributed by atoms with Gasteiger partial charge in [0.2, 0.25) is 5.91 Å². The number of carbonyl (C=O) groups is 2. The van der Waals surface area contributed by atoms with Crippen LogP contribution in [0.1, 0.15) is 25.7 Å². The highest BCUT2D eigenvalue weighted by Crippen LogP contribution is 2.22. The van der Waals surface area contributed by atoms with E-state index in [4.69, 9.17) is 16.7 Å². The molecule has 2 rings (SSSR count). The van der Waals surface area contributed by atoms with Crippen LogP contribution >= 0.6 is 23.4 Å². The maximum Gasteiger partial charge on any atom is 0.317 e. The molecule has 1 aromatic rings. The molecule has 0 spiro atoms. The fourth-order valence-corrected chi connectivity index (χ4v) is 4.02. The Bertz CT molecular complexity index is 582. The average molecular weight is 385 g/mol. The van der Waals surface area contributed by atoms with E-state index in [9.17, 15) is 9.59 Å². The lowest BCUT2D eigenvalue weighted by Crippen LogP contribution is -2.37. The molecule has 0 saturated carbocycles. The van der Waals surface area contributed by atoms with E-state index in [1.807, 2.05) is 41.1 Å². The van der Waals surface area contributed by atoms with Crippen LogP contribution in [0.2, 0.25) is 5.02 Å². The van der Waals surface area contributed by atoms with Gasteiger partial charge in [-0.25, -0.2) is 0 Å². The van der Waals surface area contributed by atoms with Crippen molar-refractivity contribution in [2.45, 2.75) is 36.6 Å². The predicted molar refractivity (Wildman–Crippen MR) is 101 cm³/mol. The van der Waals surface area contributed by atoms with Gasteiger partial charge in [-0.05, 0) is 50.6 Å². The number of benzene rings is 1. The van der Waals surface area contributed by atoms with Gasteiger partial charge in [-0.2, -0.15) is 0 Å². The van der Waals surface area contributed by atoms with Gasteiger partial charge in [-0.1, -0.05) is 11.6 Å². The van der Waals surface area contributed by atoms with Gasteiger partial charge in [0, 0.05) is 41.2 Å². The van der Waals surface area contributed by atoms with Crippen LogP contribution < -0.4 is 0 Å². The highest BCUT2D eigenvalue weighted by molar-refractivity contribution is 7.99. The second kappa shape index (κ2) is 10.0. The second-order valence-electron chi connectivity index (χ2n) is 6.33. The van der Waals surface area contributed by atoms with Crippen molar-refractivity contribution in [3.05, 3.63) is 29.3 Å². The monoisotopic (exact) mass is 384 g/mol. The lowest BCUT2D eigenvalue weighted by Gasteiger charge is -2.25. The molecule has 0 radical (unpaired) electrons. The number of aliphatic carboxylic acids is 1. The van der Waals surface area contributed by atoms with E-state index in [1.165, 1.54) is 0 Å². The van der Waals surface area contributed by atoms with Crippen LogP contribution in [0.15, 0.2) is 29.2 Å². The highest BCUT2D eigenvalue weighted by atomic mass is 35.5. The molecule has 1 atom stereocenters. The van der Waals surface area contributed by atoms with Gasteiger partial charge in [-0.3, -0.25) is 14.5 Å². The van der Waals surface area contributed by atoms with Crippen molar-refractivity contribution < 1.29 is 14.7 Å². The number of nitrogens with zero attached hydrogens (tertiary/aromatic N) is 2. The van der Waals surface area contributed by atoms with Crippen LogP contribution in [-0.2, 0) is 9.59 Å². The Morgan fingerprint density at radius 2 is 2.00 bits per heavy atom. The Morgan fingerprint density at radius 3 is 2.68 bits per heavy atom. The zero-order chi connectivity index (χ0) is 18.2. The standard InChI is InChI=1S/C18H25ClN2O3S/c1-20(13-18(23)24)15-3-2-10-21(11-8-15)17(22)9-12-25-16-6-4-14(19)5-7-16/h4-7,15H,2-3,8-13H2,1H3,(H,23,24). The molecular formula is C18H25ClN2O3S. The van der Waals surface area contributed by atoms with Crippen LogP contribution in [0.5, 0.6) is 0 Å². The molecule has 1 N–H and O–H groups in total. The van der Waals surface area contributed by atoms with Gasteiger partial charge in [0.1, 0.15) is 0 Å². The van der Waals surface area contributed by atoms with Crippen molar-refractivity contribution in [1.29, 1.82) is 0 Å². The summed E-state index contributed by atoms with van der Waals surface area (Å²) in [6, 6.07) is 7.87. The Kier molecular flexibility index (Phi) is 8.06. The van der Waals surface area contributed by atoms with Crippen molar-refractivity contribution in [2.75, 3.05) is 32.4 Å². The predicted octanol–water partition coefficient (Wildman–Crippen LogP) is 3.22. The SMILES string of the molecule is CN(CC(=O)O)C1CCCN(C(=O)CCSc2ccc(Cl)cc2)CC1. The molecule has 0 aliphatic carbocycles. The molecule has 1 aliphatic heterocycles. The smallest absolute Gasteiger partial charge is 0.317 e. The maximum absolute atomic E-state index is 12.4. The van der Waals surface area contributed by atoms with Gasteiger partial charge in [0.15, 0.2) is 0 Å². The Morgan fingerprint density at radius 1 is 1.28 bits per heavy atom. The van der Waals surface area contributed by atoms with Gasteiger partial charge in [0.05, 0.1) is 6.54 Å². The fourth-order valence-electron chi connectivity index (χ4n) is 3.06. The summed E-state index contributed by atoms with van der Waals surface area (Å²) in [7, 11) is 1.85. The summed E-state index contributed by atoms with van der Waals surface area (Å²) in [5.41, 5.74) is 0. The Labute approximate surface area is 158 Å². The van der Waals surface area contributed by atoms with Crippen LogP contribution in [0.25, 0.3) is 0 Å². The number of hydrogen-bond acceptors (Lipinski definition) is 4. The minimum atomic E-state index is -0.807. The highest BCUT2D eigenvalue weighted by Gasteiger charge is 2.23. The second-order valence-corrected chi connectivity index (χ2v) is 7.93. The van der Waals surface area contributed by atoms with Crippen LogP contribution in [0.3, 0.4) is 0 Å². The lowest BCUT2D eigenvalue weighted by molar-refractivity contribution is -0.138. The fraction of sp³-hybridized carbons (Fsp3) is 0.556. The first-order chi connectivity index (χ1) is 12.0. The maximum atomic E-state index is 12.4. The molecule has 7 heteroatoms. The van der Waals surface area contributed by atoms with Crippen LogP contribution in [-0.4, -0.2) is 65.3 Å². The zero-order valence-corrected chi connectivity index (χ0v) is 16.1. The third-order valence-corrected chi connectivity index (χ3v) is 5.72. The normalized spacial score (nSPS) is 18.2. The zero-order valence-electron chi connectivity index (χ0n) is 14.5. The largest absolute Gasteiger partial charge is 0.480 e. The van der Waals surface area contributed by atoms with E-state index >= 15 is 0 Å². The van der Waals surface area contributed by atoms with Crippen molar-refractivity contribution in [2.24, 2.45) is 0 Å². The van der Waals surface area contributed by atoms with Crippen LogP contribution in [0, 0.1) is 0 Å². The molecule has 25 heavy (non-hydrogen) atoms. The topological polar surface area (TPSA) is 60.9 Å². The molecule has 138 valence electrons. The number of amides is 1. The number of thioether (sulfide) groups is 1. The summed E-state index contributed by atoms with van der Waals surface area (Å²) in [6.07, 6.45) is 3.21. The minimum absolute atomic E-state index is 0.0519. The van der Waals surface area contributed by atoms with Crippen molar-refractivity contribution in [1.82, 2.24) is 9.80 Å². The summed E-state index contributed by atoms with van der Waals surface area (Å²) in [5, 5.41) is 9.63. The summed E-state index contributed by atoms with van der Waals surface area (Å²) >= 11 is 7.53. The first-order valence-corrected chi connectivity index (χ1v) is 9.90. The summed E-state index contributed by atoms with van der Waals surface area (Å²) in [4.78, 5) is 28.2. The summed E-state index contributed by atoms with van der Waals surface area (Å²) < 4.78 is 0. The van der Waals surface area contributed by atoms with E-state index in [-0.39, 0.29) is 18.5 Å². The van der Waals surface area contributed by atoms with E-state index in [2.05, 4.69) is 0 Å². The Balaban J connectivity index is 1.74. The molecule has 1 saturated heterocycles. The lowest BCUT2D eigenvalue weighted by atomic mass is 10.1.